The summed E-state index contributed by atoms with van der Waals surface area (Å²) in [4.78, 5) is 16.6. The van der Waals surface area contributed by atoms with E-state index in [1.54, 1.807) is 33.3 Å². The lowest BCUT2D eigenvalue weighted by atomic mass is 9.89. The van der Waals surface area contributed by atoms with Gasteiger partial charge < -0.3 is 14.4 Å². The highest BCUT2D eigenvalue weighted by Crippen LogP contribution is 2.45. The maximum absolute atomic E-state index is 14.3. The second-order valence-electron chi connectivity index (χ2n) is 7.96. The van der Waals surface area contributed by atoms with Crippen molar-refractivity contribution in [2.45, 2.75) is 19.5 Å². The molecule has 2 fully saturated rings. The predicted molar refractivity (Wildman–Crippen MR) is 108 cm³/mol. The first-order valence-corrected chi connectivity index (χ1v) is 9.96. The third-order valence-corrected chi connectivity index (χ3v) is 6.25. The van der Waals surface area contributed by atoms with Crippen LogP contribution in [0.5, 0.6) is 11.5 Å². The summed E-state index contributed by atoms with van der Waals surface area (Å²) in [6, 6.07) is 12.9. The molecule has 2 aromatic carbocycles. The van der Waals surface area contributed by atoms with Crippen LogP contribution < -0.4 is 9.47 Å². The lowest BCUT2D eigenvalue weighted by Crippen LogP contribution is -2.34. The van der Waals surface area contributed by atoms with Crippen molar-refractivity contribution in [3.05, 3.63) is 59.4 Å². The number of nitrogens with zero attached hydrogens (tertiary/aromatic N) is 2. The van der Waals surface area contributed by atoms with E-state index in [-0.39, 0.29) is 17.8 Å². The lowest BCUT2D eigenvalue weighted by Gasteiger charge is -2.29. The zero-order valence-corrected chi connectivity index (χ0v) is 17.1. The Hall–Kier alpha value is -2.60. The number of methoxy groups -OCH3 is 2. The van der Waals surface area contributed by atoms with Crippen LogP contribution in [0.25, 0.3) is 0 Å². The quantitative estimate of drug-likeness (QED) is 0.773. The summed E-state index contributed by atoms with van der Waals surface area (Å²) >= 11 is 0. The first-order chi connectivity index (χ1) is 14.0. The summed E-state index contributed by atoms with van der Waals surface area (Å²) in [5, 5.41) is 0. The molecule has 5 nitrogen and oxygen atoms in total. The monoisotopic (exact) mass is 398 g/mol. The molecular weight excluding hydrogens is 371 g/mol. The predicted octanol–water partition coefficient (Wildman–Crippen LogP) is 3.49. The van der Waals surface area contributed by atoms with Crippen molar-refractivity contribution >= 4 is 5.91 Å². The summed E-state index contributed by atoms with van der Waals surface area (Å²) in [7, 11) is 3.24. The van der Waals surface area contributed by atoms with E-state index >= 15 is 0 Å². The molecule has 2 heterocycles. The highest BCUT2D eigenvalue weighted by atomic mass is 19.1. The second-order valence-corrected chi connectivity index (χ2v) is 7.96. The molecule has 0 N–H and O–H groups in total. The topological polar surface area (TPSA) is 42.0 Å². The molecule has 0 radical (unpaired) electrons. The van der Waals surface area contributed by atoms with Gasteiger partial charge in [0.2, 0.25) is 5.91 Å². The van der Waals surface area contributed by atoms with Gasteiger partial charge in [0.15, 0.2) is 0 Å². The standard InChI is InChI=1S/C23H27FN2O3/c1-15(27)26-13-18-12-25(11-17-10-20(29-3)8-9-22(17)24)14-21(18)23(26)16-4-6-19(28-2)7-5-16/h4-10,18,21,23H,11-14H2,1-3H3/t18-,21-,23+/m1/s1. The van der Waals surface area contributed by atoms with Crippen LogP contribution >= 0.6 is 0 Å². The fourth-order valence-corrected chi connectivity index (χ4v) is 4.86. The molecular formula is C23H27FN2O3. The molecule has 29 heavy (non-hydrogen) atoms. The van der Waals surface area contributed by atoms with Crippen molar-refractivity contribution in [2.75, 3.05) is 33.9 Å². The summed E-state index contributed by atoms with van der Waals surface area (Å²) < 4.78 is 24.8. The minimum Gasteiger partial charge on any atom is -0.497 e. The Labute approximate surface area is 171 Å². The molecule has 3 atom stereocenters. The Morgan fingerprint density at radius 1 is 1.03 bits per heavy atom. The minimum absolute atomic E-state index is 0.0450. The molecule has 4 rings (SSSR count). The number of amides is 1. The van der Waals surface area contributed by atoms with E-state index in [9.17, 15) is 9.18 Å². The first-order valence-electron chi connectivity index (χ1n) is 9.96. The van der Waals surface area contributed by atoms with Gasteiger partial charge in [-0.2, -0.15) is 0 Å². The number of rotatable bonds is 5. The molecule has 0 aromatic heterocycles. The van der Waals surface area contributed by atoms with Gasteiger partial charge in [0.1, 0.15) is 17.3 Å². The van der Waals surface area contributed by atoms with Gasteiger partial charge in [0, 0.05) is 44.6 Å². The molecule has 0 bridgehead atoms. The smallest absolute Gasteiger partial charge is 0.219 e. The van der Waals surface area contributed by atoms with Crippen LogP contribution in [0.3, 0.4) is 0 Å². The summed E-state index contributed by atoms with van der Waals surface area (Å²) in [6.45, 7) is 4.62. The molecule has 2 aliphatic rings. The number of carbonyl (C=O) groups excluding carboxylic acids is 1. The van der Waals surface area contributed by atoms with Gasteiger partial charge in [-0.25, -0.2) is 4.39 Å². The van der Waals surface area contributed by atoms with Crippen molar-refractivity contribution in [2.24, 2.45) is 11.8 Å². The van der Waals surface area contributed by atoms with Gasteiger partial charge in [-0.3, -0.25) is 9.69 Å². The Bertz CT molecular complexity index is 886. The van der Waals surface area contributed by atoms with Crippen molar-refractivity contribution in [1.29, 1.82) is 0 Å². The molecule has 0 saturated carbocycles. The number of benzene rings is 2. The summed E-state index contributed by atoms with van der Waals surface area (Å²) in [6.07, 6.45) is 0. The first kappa shape index (κ1) is 19.7. The van der Waals surface area contributed by atoms with Crippen LogP contribution in [0.2, 0.25) is 0 Å². The molecule has 0 aliphatic carbocycles. The summed E-state index contributed by atoms with van der Waals surface area (Å²) in [5.74, 6) is 2.09. The number of hydrogen-bond donors (Lipinski definition) is 0. The van der Waals surface area contributed by atoms with E-state index in [1.165, 1.54) is 6.07 Å². The van der Waals surface area contributed by atoms with Crippen LogP contribution in [0.1, 0.15) is 24.1 Å². The third-order valence-electron chi connectivity index (χ3n) is 6.25. The van der Waals surface area contributed by atoms with E-state index in [1.807, 2.05) is 29.2 Å². The SMILES string of the molecule is COc1ccc([C@H]2[C@@H]3CN(Cc4cc(OC)ccc4F)C[C@@H]3CN2C(C)=O)cc1. The zero-order chi connectivity index (χ0) is 20.5. The molecule has 1 amide bonds. The Kier molecular flexibility index (Phi) is 5.46. The third kappa shape index (κ3) is 3.81. The minimum atomic E-state index is -0.208. The lowest BCUT2D eigenvalue weighted by molar-refractivity contribution is -0.130. The van der Waals surface area contributed by atoms with Crippen molar-refractivity contribution in [1.82, 2.24) is 9.80 Å². The maximum Gasteiger partial charge on any atom is 0.219 e. The summed E-state index contributed by atoms with van der Waals surface area (Å²) in [5.41, 5.74) is 1.77. The Morgan fingerprint density at radius 3 is 2.38 bits per heavy atom. The number of hydrogen-bond acceptors (Lipinski definition) is 4. The molecule has 0 spiro atoms. The second kappa shape index (κ2) is 8.03. The van der Waals surface area contributed by atoms with Gasteiger partial charge in [0.25, 0.3) is 0 Å². The number of halogens is 1. The number of fused-ring (bicyclic) bond motifs is 1. The van der Waals surface area contributed by atoms with Crippen LogP contribution in [0.4, 0.5) is 4.39 Å². The van der Waals surface area contributed by atoms with Crippen LogP contribution in [-0.4, -0.2) is 49.6 Å². The van der Waals surface area contributed by atoms with Gasteiger partial charge in [-0.1, -0.05) is 12.1 Å². The van der Waals surface area contributed by atoms with Gasteiger partial charge in [-0.05, 0) is 41.8 Å². The van der Waals surface area contributed by atoms with Crippen molar-refractivity contribution < 1.29 is 18.7 Å². The highest BCUT2D eigenvalue weighted by molar-refractivity contribution is 5.74. The Morgan fingerprint density at radius 2 is 1.72 bits per heavy atom. The number of carbonyl (C=O) groups is 1. The highest BCUT2D eigenvalue weighted by Gasteiger charge is 2.48. The van der Waals surface area contributed by atoms with Crippen LogP contribution in [-0.2, 0) is 11.3 Å². The normalized spacial score (nSPS) is 23.9. The molecule has 0 unspecified atom stereocenters. The van der Waals surface area contributed by atoms with E-state index in [2.05, 4.69) is 4.90 Å². The van der Waals surface area contributed by atoms with E-state index in [0.29, 0.717) is 29.7 Å². The molecule has 154 valence electrons. The van der Waals surface area contributed by atoms with Crippen LogP contribution in [0.15, 0.2) is 42.5 Å². The van der Waals surface area contributed by atoms with Gasteiger partial charge >= 0.3 is 0 Å². The maximum atomic E-state index is 14.3. The Balaban J connectivity index is 1.54. The number of likely N-dealkylation sites (tertiary alicyclic amines) is 2. The zero-order valence-electron chi connectivity index (χ0n) is 17.1. The molecule has 2 aromatic rings. The van der Waals surface area contributed by atoms with Crippen LogP contribution in [0, 0.1) is 17.7 Å². The number of ether oxygens (including phenoxy) is 2. The fraction of sp³-hybridized carbons (Fsp3) is 0.435. The van der Waals surface area contributed by atoms with E-state index in [4.69, 9.17) is 9.47 Å². The molecule has 2 aliphatic heterocycles. The van der Waals surface area contributed by atoms with E-state index < -0.39 is 0 Å². The fourth-order valence-electron chi connectivity index (χ4n) is 4.86. The largest absolute Gasteiger partial charge is 0.497 e. The van der Waals surface area contributed by atoms with Gasteiger partial charge in [0.05, 0.1) is 20.3 Å². The van der Waals surface area contributed by atoms with Gasteiger partial charge in [-0.15, -0.1) is 0 Å². The average Bonchev–Trinajstić information content (AvgIpc) is 3.27. The van der Waals surface area contributed by atoms with Crippen molar-refractivity contribution in [3.63, 3.8) is 0 Å². The average molecular weight is 398 g/mol. The van der Waals surface area contributed by atoms with E-state index in [0.717, 1.165) is 30.9 Å². The molecule has 6 heteroatoms. The van der Waals surface area contributed by atoms with Crippen molar-refractivity contribution in [3.8, 4) is 11.5 Å². The molecule has 2 saturated heterocycles.